The van der Waals surface area contributed by atoms with Crippen LogP contribution in [0.25, 0.3) is 12.2 Å². The minimum Gasteiger partial charge on any atom is -0.0998 e. The van der Waals surface area contributed by atoms with Gasteiger partial charge in [0.15, 0.2) is 0 Å². The van der Waals surface area contributed by atoms with Gasteiger partial charge in [0.25, 0.3) is 0 Å². The Morgan fingerprint density at radius 1 is 1.15 bits per heavy atom. The molecular weight excluding hydrogens is 240 g/mol. The molecule has 0 heterocycles. The zero-order valence-electron chi connectivity index (χ0n) is 12.9. The highest BCUT2D eigenvalue weighted by molar-refractivity contribution is 5.63. The summed E-state index contributed by atoms with van der Waals surface area (Å²) in [5.74, 6) is 0.767. The molecule has 0 aliphatic heterocycles. The Balaban J connectivity index is 0.000000200. The normalized spacial score (nSPS) is 17.3. The van der Waals surface area contributed by atoms with Gasteiger partial charge in [0, 0.05) is 0 Å². The molecule has 1 aliphatic carbocycles. The number of rotatable bonds is 3. The second-order valence-electron chi connectivity index (χ2n) is 5.41. The zero-order valence-corrected chi connectivity index (χ0v) is 12.9. The maximum atomic E-state index is 3.97. The lowest BCUT2D eigenvalue weighted by Gasteiger charge is -2.19. The van der Waals surface area contributed by atoms with Crippen molar-refractivity contribution >= 4 is 12.2 Å². The molecule has 1 aromatic carbocycles. The van der Waals surface area contributed by atoms with Gasteiger partial charge in [0.05, 0.1) is 0 Å². The highest BCUT2D eigenvalue weighted by Gasteiger charge is 2.11. The highest BCUT2D eigenvalue weighted by atomic mass is 14.2. The Hall–Kier alpha value is -1.82. The summed E-state index contributed by atoms with van der Waals surface area (Å²) in [4.78, 5) is 0. The van der Waals surface area contributed by atoms with Gasteiger partial charge < -0.3 is 0 Å². The largest absolute Gasteiger partial charge is 0.0998 e. The van der Waals surface area contributed by atoms with Crippen molar-refractivity contribution in [2.24, 2.45) is 5.92 Å². The van der Waals surface area contributed by atoms with Crippen molar-refractivity contribution in [2.45, 2.75) is 33.1 Å². The van der Waals surface area contributed by atoms with Crippen LogP contribution >= 0.6 is 0 Å². The van der Waals surface area contributed by atoms with Gasteiger partial charge >= 0.3 is 0 Å². The van der Waals surface area contributed by atoms with E-state index in [1.54, 1.807) is 5.57 Å². The SMILES string of the molecule is C=C(C)C1CC=C(C)CC1.C=Cc1ccccc1C=C. The summed E-state index contributed by atoms with van der Waals surface area (Å²) in [5, 5.41) is 0. The molecule has 0 radical (unpaired) electrons. The first-order valence-corrected chi connectivity index (χ1v) is 7.23. The molecule has 2 rings (SSSR count). The lowest BCUT2D eigenvalue weighted by Crippen LogP contribution is -2.04. The van der Waals surface area contributed by atoms with Crippen molar-refractivity contribution in [3.63, 3.8) is 0 Å². The van der Waals surface area contributed by atoms with E-state index >= 15 is 0 Å². The van der Waals surface area contributed by atoms with E-state index in [2.05, 4.69) is 39.7 Å². The standard InChI is InChI=1S/C10H16.C10H10/c1-8(2)10-6-4-9(3)5-7-10;1-3-9-7-5-6-8-10(9)4-2/h4,10H,1,5-7H2,2-3H3;3-8H,1-2H2. The average molecular weight is 266 g/mol. The van der Waals surface area contributed by atoms with E-state index in [1.807, 2.05) is 36.4 Å². The zero-order chi connectivity index (χ0) is 15.0. The molecule has 0 aromatic heterocycles. The molecule has 0 N–H and O–H groups in total. The quantitative estimate of drug-likeness (QED) is 0.565. The summed E-state index contributed by atoms with van der Waals surface area (Å²) >= 11 is 0. The van der Waals surface area contributed by atoms with Crippen molar-refractivity contribution in [1.29, 1.82) is 0 Å². The second kappa shape index (κ2) is 8.37. The second-order valence-corrected chi connectivity index (χ2v) is 5.41. The van der Waals surface area contributed by atoms with Gasteiger partial charge in [0.1, 0.15) is 0 Å². The van der Waals surface area contributed by atoms with Crippen LogP contribution in [0.3, 0.4) is 0 Å². The predicted molar refractivity (Wildman–Crippen MR) is 92.5 cm³/mol. The molecule has 0 amide bonds. The molecule has 0 bridgehead atoms. The molecule has 0 nitrogen and oxygen atoms in total. The van der Waals surface area contributed by atoms with E-state index < -0.39 is 0 Å². The molecule has 106 valence electrons. The monoisotopic (exact) mass is 266 g/mol. The summed E-state index contributed by atoms with van der Waals surface area (Å²) in [5.41, 5.74) is 5.18. The van der Waals surface area contributed by atoms with Crippen molar-refractivity contribution < 1.29 is 0 Å². The number of hydrogen-bond donors (Lipinski definition) is 0. The van der Waals surface area contributed by atoms with Crippen molar-refractivity contribution in [3.05, 3.63) is 72.4 Å². The van der Waals surface area contributed by atoms with Gasteiger partial charge in [0.2, 0.25) is 0 Å². The van der Waals surface area contributed by atoms with E-state index in [9.17, 15) is 0 Å². The summed E-state index contributed by atoms with van der Waals surface area (Å²) in [6.45, 7) is 15.7. The summed E-state index contributed by atoms with van der Waals surface area (Å²) < 4.78 is 0. The van der Waals surface area contributed by atoms with Crippen molar-refractivity contribution in [2.75, 3.05) is 0 Å². The smallest absolute Gasteiger partial charge is 0.0171 e. The minimum absolute atomic E-state index is 0.767. The van der Waals surface area contributed by atoms with Crippen molar-refractivity contribution in [1.82, 2.24) is 0 Å². The first-order chi connectivity index (χ1) is 9.58. The molecule has 0 fully saturated rings. The molecule has 0 saturated carbocycles. The van der Waals surface area contributed by atoms with Crippen molar-refractivity contribution in [3.8, 4) is 0 Å². The van der Waals surface area contributed by atoms with E-state index in [-0.39, 0.29) is 0 Å². The summed E-state index contributed by atoms with van der Waals surface area (Å²) in [6, 6.07) is 8.02. The van der Waals surface area contributed by atoms with Crippen LogP contribution in [0.15, 0.2) is 61.2 Å². The predicted octanol–water partition coefficient (Wildman–Crippen LogP) is 6.28. The third-order valence-electron chi connectivity index (χ3n) is 3.77. The fourth-order valence-corrected chi connectivity index (χ4v) is 2.30. The van der Waals surface area contributed by atoms with Crippen LogP contribution in [-0.2, 0) is 0 Å². The maximum absolute atomic E-state index is 3.97. The van der Waals surface area contributed by atoms with E-state index in [0.717, 1.165) is 17.0 Å². The molecule has 1 atom stereocenters. The summed E-state index contributed by atoms with van der Waals surface area (Å²) in [7, 11) is 0. The van der Waals surface area contributed by atoms with Crippen LogP contribution < -0.4 is 0 Å². The van der Waals surface area contributed by atoms with E-state index in [0.29, 0.717) is 0 Å². The third kappa shape index (κ3) is 5.05. The van der Waals surface area contributed by atoms with Crippen LogP contribution in [0, 0.1) is 5.92 Å². The molecule has 1 aromatic rings. The lowest BCUT2D eigenvalue weighted by atomic mass is 9.86. The van der Waals surface area contributed by atoms with Gasteiger partial charge in [-0.15, -0.1) is 0 Å². The van der Waals surface area contributed by atoms with Gasteiger partial charge in [-0.3, -0.25) is 0 Å². The molecular formula is C20H26. The van der Waals surface area contributed by atoms with Crippen LogP contribution in [0.1, 0.15) is 44.2 Å². The lowest BCUT2D eigenvalue weighted by molar-refractivity contribution is 0.540. The van der Waals surface area contributed by atoms with Crippen LogP contribution in [-0.4, -0.2) is 0 Å². The van der Waals surface area contributed by atoms with Crippen LogP contribution in [0.5, 0.6) is 0 Å². The summed E-state index contributed by atoms with van der Waals surface area (Å²) in [6.07, 6.45) is 9.83. The molecule has 1 aliphatic rings. The van der Waals surface area contributed by atoms with E-state index in [4.69, 9.17) is 0 Å². The Morgan fingerprint density at radius 2 is 1.70 bits per heavy atom. The van der Waals surface area contributed by atoms with E-state index in [1.165, 1.54) is 24.8 Å². The Bertz CT molecular complexity index is 476. The molecule has 1 unspecified atom stereocenters. The van der Waals surface area contributed by atoms with Gasteiger partial charge in [-0.05, 0) is 50.2 Å². The Kier molecular flexibility index (Phi) is 6.79. The van der Waals surface area contributed by atoms with Gasteiger partial charge in [-0.1, -0.05) is 73.4 Å². The van der Waals surface area contributed by atoms with Crippen LogP contribution in [0.4, 0.5) is 0 Å². The highest BCUT2D eigenvalue weighted by Crippen LogP contribution is 2.27. The van der Waals surface area contributed by atoms with Crippen LogP contribution in [0.2, 0.25) is 0 Å². The third-order valence-corrected chi connectivity index (χ3v) is 3.77. The molecule has 20 heavy (non-hydrogen) atoms. The topological polar surface area (TPSA) is 0 Å². The number of allylic oxidation sites excluding steroid dienone is 3. The average Bonchev–Trinajstić information content (AvgIpc) is 2.48. The Labute approximate surface area is 124 Å². The minimum atomic E-state index is 0.767. The van der Waals surface area contributed by atoms with Gasteiger partial charge in [-0.25, -0.2) is 0 Å². The first kappa shape index (κ1) is 16.2. The fraction of sp³-hybridized carbons (Fsp3) is 0.300. The molecule has 0 spiro atoms. The number of benzene rings is 1. The fourth-order valence-electron chi connectivity index (χ4n) is 2.30. The maximum Gasteiger partial charge on any atom is -0.0171 e. The Morgan fingerprint density at radius 3 is 2.05 bits per heavy atom. The van der Waals surface area contributed by atoms with Gasteiger partial charge in [-0.2, -0.15) is 0 Å². The number of hydrogen-bond acceptors (Lipinski definition) is 0. The molecule has 0 heteroatoms. The first-order valence-electron chi connectivity index (χ1n) is 7.23. The molecule has 0 saturated heterocycles.